The maximum absolute atomic E-state index is 14.0. The molecule has 1 fully saturated rings. The molecule has 0 unspecified atom stereocenters. The van der Waals surface area contributed by atoms with Crippen LogP contribution in [0.25, 0.3) is 22.4 Å². The Morgan fingerprint density at radius 3 is 2.62 bits per heavy atom. The van der Waals surface area contributed by atoms with E-state index in [1.165, 1.54) is 0 Å². The van der Waals surface area contributed by atoms with Gasteiger partial charge in [-0.2, -0.15) is 5.10 Å². The highest BCUT2D eigenvalue weighted by molar-refractivity contribution is 6.04. The molecule has 0 radical (unpaired) electrons. The van der Waals surface area contributed by atoms with Crippen molar-refractivity contribution in [2.45, 2.75) is 37.8 Å². The molecule has 0 saturated carbocycles. The number of hydrogen-bond donors (Lipinski definition) is 0. The van der Waals surface area contributed by atoms with Crippen LogP contribution < -0.4 is 0 Å². The zero-order valence-corrected chi connectivity index (χ0v) is 18.6. The van der Waals surface area contributed by atoms with E-state index in [0.29, 0.717) is 28.8 Å². The highest BCUT2D eigenvalue weighted by Gasteiger charge is 2.44. The van der Waals surface area contributed by atoms with Gasteiger partial charge in [-0.05, 0) is 43.9 Å². The molecule has 174 valence electrons. The quantitative estimate of drug-likeness (QED) is 0.418. The summed E-state index contributed by atoms with van der Waals surface area (Å²) in [6.07, 6.45) is 6.22. The van der Waals surface area contributed by atoms with Crippen LogP contribution >= 0.6 is 0 Å². The Balaban J connectivity index is 1.46. The summed E-state index contributed by atoms with van der Waals surface area (Å²) >= 11 is 0. The molecule has 0 spiro atoms. The van der Waals surface area contributed by atoms with Crippen molar-refractivity contribution in [2.75, 3.05) is 0 Å². The minimum atomic E-state index is -1.49. The van der Waals surface area contributed by atoms with Gasteiger partial charge in [0.2, 0.25) is 0 Å². The van der Waals surface area contributed by atoms with Crippen molar-refractivity contribution >= 4 is 17.1 Å². The molecule has 2 aliphatic heterocycles. The minimum absolute atomic E-state index is 0.0937. The fourth-order valence-electron chi connectivity index (χ4n) is 5.54. The second-order valence-electron chi connectivity index (χ2n) is 8.99. The zero-order valence-electron chi connectivity index (χ0n) is 18.6. The van der Waals surface area contributed by atoms with E-state index in [-0.39, 0.29) is 23.6 Å². The number of carbonyl (C=O) groups excluding carboxylic acids is 1. The van der Waals surface area contributed by atoms with Gasteiger partial charge in [0.25, 0.3) is 5.91 Å². The first-order valence-corrected chi connectivity index (χ1v) is 11.1. The summed E-state index contributed by atoms with van der Waals surface area (Å²) in [5.74, 6) is -4.10. The van der Waals surface area contributed by atoms with Gasteiger partial charge in [-0.3, -0.25) is 9.48 Å². The van der Waals surface area contributed by atoms with Gasteiger partial charge >= 0.3 is 0 Å². The zero-order chi connectivity index (χ0) is 23.7. The van der Waals surface area contributed by atoms with Crippen LogP contribution in [-0.4, -0.2) is 41.2 Å². The van der Waals surface area contributed by atoms with E-state index in [0.717, 1.165) is 42.7 Å². The van der Waals surface area contributed by atoms with Crippen molar-refractivity contribution in [1.29, 1.82) is 0 Å². The smallest absolute Gasteiger partial charge is 0.257 e. The second kappa shape index (κ2) is 7.41. The van der Waals surface area contributed by atoms with Crippen LogP contribution in [0.5, 0.6) is 0 Å². The Bertz CT molecular complexity index is 1450. The van der Waals surface area contributed by atoms with Crippen molar-refractivity contribution in [3.63, 3.8) is 0 Å². The summed E-state index contributed by atoms with van der Waals surface area (Å²) in [4.78, 5) is 24.4. The number of fused-ring (bicyclic) bond motifs is 5. The van der Waals surface area contributed by atoms with Gasteiger partial charge in [-0.25, -0.2) is 23.1 Å². The van der Waals surface area contributed by atoms with E-state index in [4.69, 9.17) is 0 Å². The number of pyridine rings is 1. The third kappa shape index (κ3) is 2.90. The number of aryl methyl sites for hydroxylation is 2. The predicted octanol–water partition coefficient (Wildman–Crippen LogP) is 4.08. The van der Waals surface area contributed by atoms with Gasteiger partial charge in [0.1, 0.15) is 5.52 Å². The first-order chi connectivity index (χ1) is 16.3. The molecule has 0 N–H and O–H groups in total. The molecule has 7 nitrogen and oxygen atoms in total. The maximum Gasteiger partial charge on any atom is 0.257 e. The first kappa shape index (κ1) is 20.9. The average Bonchev–Trinajstić information content (AvgIpc) is 3.35. The average molecular weight is 466 g/mol. The Morgan fingerprint density at radius 1 is 1.09 bits per heavy atom. The van der Waals surface area contributed by atoms with Crippen LogP contribution in [0.2, 0.25) is 0 Å². The molecule has 2 bridgehead atoms. The Kier molecular flexibility index (Phi) is 4.55. The summed E-state index contributed by atoms with van der Waals surface area (Å²) in [6.45, 7) is 0. The molecule has 1 amide bonds. The van der Waals surface area contributed by atoms with Crippen LogP contribution in [0, 0.1) is 17.5 Å². The molecule has 1 aromatic carbocycles. The SMILES string of the molecule is Cn1nc2c(c1-c1cc(F)c(F)c(F)c1)C[C@H]1CCC[C@@H]2N1C(=O)c1ccnc2c1ncn2C. The summed E-state index contributed by atoms with van der Waals surface area (Å²) < 4.78 is 44.9. The van der Waals surface area contributed by atoms with Crippen LogP contribution in [0.15, 0.2) is 30.7 Å². The fraction of sp³-hybridized carbons (Fsp3) is 0.333. The molecule has 5 heterocycles. The number of carbonyl (C=O) groups is 1. The lowest BCUT2D eigenvalue weighted by atomic mass is 9.81. The van der Waals surface area contributed by atoms with Crippen molar-refractivity contribution < 1.29 is 18.0 Å². The molecule has 3 aromatic heterocycles. The molecule has 10 heteroatoms. The minimum Gasteiger partial charge on any atom is -0.327 e. The molecule has 6 rings (SSSR count). The Hall–Kier alpha value is -3.69. The van der Waals surface area contributed by atoms with Crippen LogP contribution in [0.1, 0.15) is 46.9 Å². The number of aromatic nitrogens is 5. The normalized spacial score (nSPS) is 19.5. The van der Waals surface area contributed by atoms with Gasteiger partial charge in [0, 0.05) is 37.5 Å². The highest BCUT2D eigenvalue weighted by Crippen LogP contribution is 2.45. The van der Waals surface area contributed by atoms with Gasteiger partial charge < -0.3 is 9.47 Å². The monoisotopic (exact) mass is 466 g/mol. The number of benzene rings is 1. The number of nitrogens with zero attached hydrogens (tertiary/aromatic N) is 6. The van der Waals surface area contributed by atoms with E-state index in [1.807, 2.05) is 11.9 Å². The Morgan fingerprint density at radius 2 is 1.85 bits per heavy atom. The third-order valence-electron chi connectivity index (χ3n) is 7.00. The molecular formula is C24H21F3N6O. The number of hydrogen-bond acceptors (Lipinski definition) is 4. The van der Waals surface area contributed by atoms with E-state index >= 15 is 0 Å². The number of halogens is 3. The van der Waals surface area contributed by atoms with Gasteiger partial charge in [0.15, 0.2) is 23.1 Å². The summed E-state index contributed by atoms with van der Waals surface area (Å²) in [7, 11) is 3.53. The molecule has 34 heavy (non-hydrogen) atoms. The predicted molar refractivity (Wildman–Crippen MR) is 117 cm³/mol. The molecular weight excluding hydrogens is 445 g/mol. The number of piperidine rings is 1. The number of imidazole rings is 1. The van der Waals surface area contributed by atoms with E-state index in [1.54, 1.807) is 34.9 Å². The number of amides is 1. The third-order valence-corrected chi connectivity index (χ3v) is 7.00. The number of rotatable bonds is 2. The van der Waals surface area contributed by atoms with Crippen LogP contribution in [0.4, 0.5) is 13.2 Å². The summed E-state index contributed by atoms with van der Waals surface area (Å²) in [5.41, 5.74) is 4.03. The van der Waals surface area contributed by atoms with Crippen molar-refractivity contribution in [2.24, 2.45) is 14.1 Å². The van der Waals surface area contributed by atoms with Crippen molar-refractivity contribution in [3.8, 4) is 11.3 Å². The van der Waals surface area contributed by atoms with E-state index < -0.39 is 17.5 Å². The lowest BCUT2D eigenvalue weighted by molar-refractivity contribution is 0.0393. The van der Waals surface area contributed by atoms with E-state index in [9.17, 15) is 18.0 Å². The molecule has 2 aliphatic rings. The van der Waals surface area contributed by atoms with Gasteiger partial charge in [0.05, 0.1) is 29.3 Å². The van der Waals surface area contributed by atoms with E-state index in [2.05, 4.69) is 15.1 Å². The molecule has 2 atom stereocenters. The topological polar surface area (TPSA) is 68.8 Å². The van der Waals surface area contributed by atoms with Crippen molar-refractivity contribution in [3.05, 3.63) is 65.0 Å². The van der Waals surface area contributed by atoms with Crippen molar-refractivity contribution in [1.82, 2.24) is 29.2 Å². The molecule has 1 saturated heterocycles. The van der Waals surface area contributed by atoms with Gasteiger partial charge in [-0.1, -0.05) is 0 Å². The van der Waals surface area contributed by atoms with Crippen LogP contribution in [0.3, 0.4) is 0 Å². The lowest BCUT2D eigenvalue weighted by Crippen LogP contribution is -2.50. The Labute approximate surface area is 192 Å². The summed E-state index contributed by atoms with van der Waals surface area (Å²) in [5, 5.41) is 4.67. The standard InChI is InChI=1S/C24H21F3N6O/c1-31-11-29-21-14(6-7-28-23(21)31)24(34)33-13-4-3-5-18(33)20-15(10-13)22(32(2)30-20)12-8-16(25)19(27)17(26)9-12/h6-9,11,13,18H,3-5,10H2,1-2H3/t13-,18+/m1/s1. The molecule has 0 aliphatic carbocycles. The largest absolute Gasteiger partial charge is 0.327 e. The summed E-state index contributed by atoms with van der Waals surface area (Å²) in [6, 6.07) is 3.33. The maximum atomic E-state index is 14.0. The highest BCUT2D eigenvalue weighted by atomic mass is 19.2. The molecule has 4 aromatic rings. The van der Waals surface area contributed by atoms with Gasteiger partial charge in [-0.15, -0.1) is 0 Å². The lowest BCUT2D eigenvalue weighted by Gasteiger charge is -2.45. The fourth-order valence-corrected chi connectivity index (χ4v) is 5.54. The second-order valence-corrected chi connectivity index (χ2v) is 8.99. The first-order valence-electron chi connectivity index (χ1n) is 11.1. The van der Waals surface area contributed by atoms with Crippen LogP contribution in [-0.2, 0) is 20.5 Å².